The fourth-order valence-electron chi connectivity index (χ4n) is 3.09. The zero-order valence-corrected chi connectivity index (χ0v) is 16.1. The standard InChI is InChI=1S/C24H17FO5/c1-28-20-10-11-21-17(14-29-22(21)13-20)12-23(26)30-19-8-4-16(5-9-19)24(27)15-2-6-18(25)7-3-15/h2-11,13-14H,12H2,1H3. The minimum Gasteiger partial charge on any atom is -0.497 e. The number of ether oxygens (including phenoxy) is 2. The molecule has 0 saturated carbocycles. The van der Waals surface area contributed by atoms with Crippen LogP contribution in [0.25, 0.3) is 11.0 Å². The molecule has 0 saturated heterocycles. The molecule has 0 aliphatic rings. The smallest absolute Gasteiger partial charge is 0.315 e. The Hall–Kier alpha value is -3.93. The van der Waals surface area contributed by atoms with Gasteiger partial charge in [0.15, 0.2) is 5.78 Å². The van der Waals surface area contributed by atoms with Crippen LogP contribution in [-0.2, 0) is 11.2 Å². The summed E-state index contributed by atoms with van der Waals surface area (Å²) in [7, 11) is 1.57. The van der Waals surface area contributed by atoms with E-state index in [9.17, 15) is 14.0 Å². The highest BCUT2D eigenvalue weighted by Gasteiger charge is 2.14. The SMILES string of the molecule is COc1ccc2c(CC(=O)Oc3ccc(C(=O)c4ccc(F)cc4)cc3)coc2c1. The molecule has 0 aliphatic carbocycles. The van der Waals surface area contributed by atoms with Crippen molar-refractivity contribution in [2.45, 2.75) is 6.42 Å². The lowest BCUT2D eigenvalue weighted by Gasteiger charge is -2.06. The van der Waals surface area contributed by atoms with Gasteiger partial charge < -0.3 is 13.9 Å². The molecule has 0 aliphatic heterocycles. The minimum atomic E-state index is -0.453. The Morgan fingerprint density at radius 2 is 1.53 bits per heavy atom. The summed E-state index contributed by atoms with van der Waals surface area (Å²) in [4.78, 5) is 24.8. The topological polar surface area (TPSA) is 65.7 Å². The number of esters is 1. The summed E-state index contributed by atoms with van der Waals surface area (Å²) < 4.78 is 29.0. The first kappa shape index (κ1) is 19.4. The van der Waals surface area contributed by atoms with Crippen LogP contribution in [0.2, 0.25) is 0 Å². The first-order valence-corrected chi connectivity index (χ1v) is 9.18. The van der Waals surface area contributed by atoms with Crippen molar-refractivity contribution in [3.63, 3.8) is 0 Å². The van der Waals surface area contributed by atoms with Crippen LogP contribution >= 0.6 is 0 Å². The molecule has 0 bridgehead atoms. The van der Waals surface area contributed by atoms with Crippen LogP contribution < -0.4 is 9.47 Å². The molecule has 0 atom stereocenters. The van der Waals surface area contributed by atoms with Crippen molar-refractivity contribution in [1.29, 1.82) is 0 Å². The maximum atomic E-state index is 13.0. The third-order valence-electron chi connectivity index (χ3n) is 4.65. The average Bonchev–Trinajstić information content (AvgIpc) is 3.16. The largest absolute Gasteiger partial charge is 0.497 e. The number of carbonyl (C=O) groups excluding carboxylic acids is 2. The summed E-state index contributed by atoms with van der Waals surface area (Å²) in [6.07, 6.45) is 1.56. The van der Waals surface area contributed by atoms with E-state index in [0.29, 0.717) is 33.8 Å². The lowest BCUT2D eigenvalue weighted by molar-refractivity contribution is -0.133. The van der Waals surface area contributed by atoms with Crippen LogP contribution in [-0.4, -0.2) is 18.9 Å². The quantitative estimate of drug-likeness (QED) is 0.258. The predicted molar refractivity (Wildman–Crippen MR) is 108 cm³/mol. The fraction of sp³-hybridized carbons (Fsp3) is 0.0833. The van der Waals surface area contributed by atoms with E-state index in [2.05, 4.69) is 0 Å². The van der Waals surface area contributed by atoms with Gasteiger partial charge in [-0.2, -0.15) is 0 Å². The molecule has 6 heteroatoms. The predicted octanol–water partition coefficient (Wildman–Crippen LogP) is 4.96. The minimum absolute atomic E-state index is 0.0373. The molecule has 1 heterocycles. The van der Waals surface area contributed by atoms with Crippen molar-refractivity contribution in [1.82, 2.24) is 0 Å². The molecule has 0 fully saturated rings. The fourth-order valence-corrected chi connectivity index (χ4v) is 3.09. The van der Waals surface area contributed by atoms with Gasteiger partial charge in [0.25, 0.3) is 0 Å². The Morgan fingerprint density at radius 1 is 0.900 bits per heavy atom. The molecular formula is C24H17FO5. The summed E-state index contributed by atoms with van der Waals surface area (Å²) in [5, 5.41) is 0.813. The average molecular weight is 404 g/mol. The maximum Gasteiger partial charge on any atom is 0.315 e. The Balaban J connectivity index is 1.42. The normalized spacial score (nSPS) is 10.7. The number of rotatable bonds is 6. The van der Waals surface area contributed by atoms with Crippen LogP contribution in [0.5, 0.6) is 11.5 Å². The molecule has 150 valence electrons. The van der Waals surface area contributed by atoms with Gasteiger partial charge in [0.1, 0.15) is 22.9 Å². The Morgan fingerprint density at radius 3 is 2.20 bits per heavy atom. The lowest BCUT2D eigenvalue weighted by atomic mass is 10.0. The first-order valence-electron chi connectivity index (χ1n) is 9.18. The molecule has 1 aromatic heterocycles. The zero-order valence-electron chi connectivity index (χ0n) is 16.1. The molecule has 0 amide bonds. The van der Waals surface area contributed by atoms with Crippen molar-refractivity contribution in [3.8, 4) is 11.5 Å². The van der Waals surface area contributed by atoms with E-state index in [1.54, 1.807) is 43.5 Å². The highest BCUT2D eigenvalue weighted by Crippen LogP contribution is 2.26. The number of fused-ring (bicyclic) bond motifs is 1. The molecule has 4 aromatic rings. The Kier molecular flexibility index (Phi) is 5.30. The molecular weight excluding hydrogens is 387 g/mol. The first-order chi connectivity index (χ1) is 14.5. The summed E-state index contributed by atoms with van der Waals surface area (Å²) in [5.41, 5.74) is 2.13. The molecule has 4 rings (SSSR count). The van der Waals surface area contributed by atoms with Gasteiger partial charge >= 0.3 is 5.97 Å². The van der Waals surface area contributed by atoms with E-state index in [1.165, 1.54) is 30.5 Å². The van der Waals surface area contributed by atoms with E-state index in [0.717, 1.165) is 5.39 Å². The van der Waals surface area contributed by atoms with Gasteiger partial charge in [-0.3, -0.25) is 9.59 Å². The van der Waals surface area contributed by atoms with Crippen molar-refractivity contribution in [2.24, 2.45) is 0 Å². The summed E-state index contributed by atoms with van der Waals surface area (Å²) >= 11 is 0. The Labute approximate surface area is 171 Å². The number of halogens is 1. The van der Waals surface area contributed by atoms with Crippen LogP contribution in [0.3, 0.4) is 0 Å². The molecule has 0 radical (unpaired) electrons. The van der Waals surface area contributed by atoms with Gasteiger partial charge in [-0.25, -0.2) is 4.39 Å². The van der Waals surface area contributed by atoms with Crippen LogP contribution in [0.4, 0.5) is 4.39 Å². The second kappa shape index (κ2) is 8.21. The number of carbonyl (C=O) groups is 2. The number of benzene rings is 3. The van der Waals surface area contributed by atoms with Crippen LogP contribution in [0.15, 0.2) is 77.4 Å². The van der Waals surface area contributed by atoms with Crippen molar-refractivity contribution < 1.29 is 27.9 Å². The summed E-state index contributed by atoms with van der Waals surface area (Å²) in [5.74, 6) is -0.107. The second-order valence-electron chi connectivity index (χ2n) is 6.63. The second-order valence-corrected chi connectivity index (χ2v) is 6.63. The maximum absolute atomic E-state index is 13.0. The van der Waals surface area contributed by atoms with Crippen molar-refractivity contribution in [3.05, 3.63) is 95.5 Å². The number of ketones is 1. The van der Waals surface area contributed by atoms with E-state index < -0.39 is 11.8 Å². The molecule has 30 heavy (non-hydrogen) atoms. The van der Waals surface area contributed by atoms with E-state index in [1.807, 2.05) is 6.07 Å². The number of methoxy groups -OCH3 is 1. The van der Waals surface area contributed by atoms with Gasteiger partial charge in [-0.1, -0.05) is 0 Å². The summed E-state index contributed by atoms with van der Waals surface area (Å²) in [6, 6.07) is 16.9. The highest BCUT2D eigenvalue weighted by molar-refractivity contribution is 6.09. The van der Waals surface area contributed by atoms with Crippen LogP contribution in [0, 0.1) is 5.82 Å². The van der Waals surface area contributed by atoms with Crippen molar-refractivity contribution in [2.75, 3.05) is 7.11 Å². The van der Waals surface area contributed by atoms with Crippen molar-refractivity contribution >= 4 is 22.7 Å². The molecule has 5 nitrogen and oxygen atoms in total. The number of hydrogen-bond donors (Lipinski definition) is 0. The monoisotopic (exact) mass is 404 g/mol. The molecule has 3 aromatic carbocycles. The van der Waals surface area contributed by atoms with E-state index >= 15 is 0 Å². The van der Waals surface area contributed by atoms with Gasteiger partial charge in [0.2, 0.25) is 0 Å². The van der Waals surface area contributed by atoms with Gasteiger partial charge in [0, 0.05) is 28.1 Å². The number of hydrogen-bond acceptors (Lipinski definition) is 5. The zero-order chi connectivity index (χ0) is 21.1. The highest BCUT2D eigenvalue weighted by atomic mass is 19.1. The molecule has 0 spiro atoms. The van der Waals surface area contributed by atoms with E-state index in [4.69, 9.17) is 13.9 Å². The lowest BCUT2D eigenvalue weighted by Crippen LogP contribution is -2.11. The summed E-state index contributed by atoms with van der Waals surface area (Å²) in [6.45, 7) is 0. The van der Waals surface area contributed by atoms with Gasteiger partial charge in [-0.05, 0) is 60.7 Å². The molecule has 0 N–H and O–H groups in total. The third kappa shape index (κ3) is 4.07. The number of furan rings is 1. The van der Waals surface area contributed by atoms with Crippen LogP contribution in [0.1, 0.15) is 21.5 Å². The third-order valence-corrected chi connectivity index (χ3v) is 4.65. The van der Waals surface area contributed by atoms with Gasteiger partial charge in [-0.15, -0.1) is 0 Å². The van der Waals surface area contributed by atoms with E-state index in [-0.39, 0.29) is 12.2 Å². The Bertz CT molecular complexity index is 1210. The van der Waals surface area contributed by atoms with Gasteiger partial charge in [0.05, 0.1) is 19.8 Å². The molecule has 0 unspecified atom stereocenters.